The third-order valence-corrected chi connectivity index (χ3v) is 4.10. The molecule has 1 aromatic rings. The van der Waals surface area contributed by atoms with Crippen LogP contribution in [-0.4, -0.2) is 45.2 Å². The molecule has 20 heavy (non-hydrogen) atoms. The van der Waals surface area contributed by atoms with Crippen molar-refractivity contribution in [3.63, 3.8) is 0 Å². The maximum Gasteiger partial charge on any atom is 0.279 e. The number of para-hydroxylation sites is 1. The van der Waals surface area contributed by atoms with Gasteiger partial charge in [-0.25, -0.2) is 0 Å². The Balaban J connectivity index is 1.77. The standard InChI is InChI=1S/C16H25N3O/c1-3-8-18-9-11-19(12-10-18)13-16(20)17-15-7-5-4-6-14(15)2/h4-7H,3,8-13H2,1-2H3,(H,17,20)/p+2. The molecule has 0 bridgehead atoms. The average Bonchev–Trinajstić information content (AvgIpc) is 2.44. The Hall–Kier alpha value is -1.39. The van der Waals surface area contributed by atoms with Gasteiger partial charge in [0.15, 0.2) is 6.54 Å². The molecule has 4 heteroatoms. The largest absolute Gasteiger partial charge is 0.326 e. The van der Waals surface area contributed by atoms with Gasteiger partial charge in [-0.2, -0.15) is 0 Å². The molecule has 2 rings (SSSR count). The fraction of sp³-hybridized carbons (Fsp3) is 0.562. The molecular weight excluding hydrogens is 250 g/mol. The topological polar surface area (TPSA) is 38.0 Å². The van der Waals surface area contributed by atoms with Gasteiger partial charge in [-0.15, -0.1) is 0 Å². The molecule has 1 saturated heterocycles. The van der Waals surface area contributed by atoms with E-state index in [4.69, 9.17) is 0 Å². The Bertz CT molecular complexity index is 439. The van der Waals surface area contributed by atoms with E-state index >= 15 is 0 Å². The van der Waals surface area contributed by atoms with Gasteiger partial charge in [0.25, 0.3) is 5.91 Å². The van der Waals surface area contributed by atoms with Gasteiger partial charge in [0.05, 0.1) is 6.54 Å². The highest BCUT2D eigenvalue weighted by molar-refractivity contribution is 5.92. The number of rotatable bonds is 5. The molecule has 0 aliphatic carbocycles. The van der Waals surface area contributed by atoms with Crippen LogP contribution in [0.3, 0.4) is 0 Å². The highest BCUT2D eigenvalue weighted by Gasteiger charge is 2.24. The summed E-state index contributed by atoms with van der Waals surface area (Å²) < 4.78 is 0. The number of aryl methyl sites for hydroxylation is 1. The number of benzene rings is 1. The van der Waals surface area contributed by atoms with Gasteiger partial charge in [0.1, 0.15) is 26.2 Å². The van der Waals surface area contributed by atoms with E-state index in [1.54, 1.807) is 4.90 Å². The lowest BCUT2D eigenvalue weighted by Gasteiger charge is -2.29. The van der Waals surface area contributed by atoms with Gasteiger partial charge in [0.2, 0.25) is 0 Å². The van der Waals surface area contributed by atoms with E-state index in [0.717, 1.165) is 24.3 Å². The zero-order valence-corrected chi connectivity index (χ0v) is 12.7. The smallest absolute Gasteiger partial charge is 0.279 e. The molecule has 0 aromatic heterocycles. The number of amides is 1. The number of piperazine rings is 1. The van der Waals surface area contributed by atoms with Crippen LogP contribution in [0.15, 0.2) is 24.3 Å². The van der Waals surface area contributed by atoms with Crippen LogP contribution >= 0.6 is 0 Å². The van der Waals surface area contributed by atoms with Crippen LogP contribution in [0.2, 0.25) is 0 Å². The van der Waals surface area contributed by atoms with Crippen LogP contribution in [0.5, 0.6) is 0 Å². The predicted molar refractivity (Wildman–Crippen MR) is 81.2 cm³/mol. The fourth-order valence-corrected chi connectivity index (χ4v) is 2.87. The molecular formula is C16H27N3O+2. The van der Waals surface area contributed by atoms with Crippen molar-refractivity contribution < 1.29 is 14.6 Å². The molecule has 1 aliphatic rings. The van der Waals surface area contributed by atoms with Gasteiger partial charge in [-0.3, -0.25) is 4.79 Å². The molecule has 0 spiro atoms. The van der Waals surface area contributed by atoms with Gasteiger partial charge >= 0.3 is 0 Å². The van der Waals surface area contributed by atoms with E-state index in [-0.39, 0.29) is 5.91 Å². The van der Waals surface area contributed by atoms with Gasteiger partial charge < -0.3 is 15.1 Å². The highest BCUT2D eigenvalue weighted by Crippen LogP contribution is 2.12. The van der Waals surface area contributed by atoms with Crippen LogP contribution in [0.1, 0.15) is 18.9 Å². The first kappa shape index (κ1) is 15.0. The number of quaternary nitrogens is 2. The van der Waals surface area contributed by atoms with E-state index in [1.165, 1.54) is 31.0 Å². The van der Waals surface area contributed by atoms with Crippen molar-refractivity contribution in [2.45, 2.75) is 20.3 Å². The van der Waals surface area contributed by atoms with Crippen molar-refractivity contribution in [2.24, 2.45) is 0 Å². The summed E-state index contributed by atoms with van der Waals surface area (Å²) in [6.45, 7) is 10.7. The quantitative estimate of drug-likeness (QED) is 0.643. The first-order chi connectivity index (χ1) is 9.69. The van der Waals surface area contributed by atoms with E-state index in [9.17, 15) is 4.79 Å². The second-order valence-electron chi connectivity index (χ2n) is 5.79. The maximum atomic E-state index is 12.1. The van der Waals surface area contributed by atoms with Crippen LogP contribution in [0, 0.1) is 6.92 Å². The van der Waals surface area contributed by atoms with Crippen molar-refractivity contribution in [1.82, 2.24) is 0 Å². The normalized spacial score (nSPS) is 22.5. The molecule has 110 valence electrons. The Morgan fingerprint density at radius 3 is 2.45 bits per heavy atom. The van der Waals surface area contributed by atoms with Gasteiger partial charge in [0, 0.05) is 5.69 Å². The minimum Gasteiger partial charge on any atom is -0.326 e. The van der Waals surface area contributed by atoms with Gasteiger partial charge in [-0.1, -0.05) is 25.1 Å². The number of anilines is 1. The third kappa shape index (κ3) is 4.32. The molecule has 4 nitrogen and oxygen atoms in total. The van der Waals surface area contributed by atoms with E-state index in [2.05, 4.69) is 12.2 Å². The molecule has 1 heterocycles. The second-order valence-corrected chi connectivity index (χ2v) is 5.79. The minimum atomic E-state index is 0.133. The molecule has 3 N–H and O–H groups in total. The van der Waals surface area contributed by atoms with Crippen molar-refractivity contribution in [2.75, 3.05) is 44.6 Å². The van der Waals surface area contributed by atoms with Crippen molar-refractivity contribution >= 4 is 11.6 Å². The lowest BCUT2D eigenvalue weighted by atomic mass is 10.2. The summed E-state index contributed by atoms with van der Waals surface area (Å²) in [6, 6.07) is 7.94. The summed E-state index contributed by atoms with van der Waals surface area (Å²) in [6.07, 6.45) is 1.25. The molecule has 0 saturated carbocycles. The van der Waals surface area contributed by atoms with Crippen LogP contribution in [0.4, 0.5) is 5.69 Å². The Morgan fingerprint density at radius 2 is 1.80 bits per heavy atom. The lowest BCUT2D eigenvalue weighted by Crippen LogP contribution is -3.28. The molecule has 1 fully saturated rings. The Kier molecular flexibility index (Phi) is 5.56. The minimum absolute atomic E-state index is 0.133. The summed E-state index contributed by atoms with van der Waals surface area (Å²) >= 11 is 0. The van der Waals surface area contributed by atoms with Crippen LogP contribution in [-0.2, 0) is 4.79 Å². The highest BCUT2D eigenvalue weighted by atomic mass is 16.2. The summed E-state index contributed by atoms with van der Waals surface area (Å²) in [5, 5.41) is 3.03. The monoisotopic (exact) mass is 277 g/mol. The summed E-state index contributed by atoms with van der Waals surface area (Å²) in [4.78, 5) is 15.2. The number of carbonyl (C=O) groups excluding carboxylic acids is 1. The number of hydrogen-bond acceptors (Lipinski definition) is 1. The Morgan fingerprint density at radius 1 is 1.15 bits per heavy atom. The van der Waals surface area contributed by atoms with Crippen molar-refractivity contribution in [1.29, 1.82) is 0 Å². The van der Waals surface area contributed by atoms with E-state index < -0.39 is 0 Å². The fourth-order valence-electron chi connectivity index (χ4n) is 2.87. The lowest BCUT2D eigenvalue weighted by molar-refractivity contribution is -1.01. The zero-order chi connectivity index (χ0) is 14.4. The van der Waals surface area contributed by atoms with Gasteiger partial charge in [-0.05, 0) is 25.0 Å². The Labute approximate surface area is 121 Å². The SMILES string of the molecule is CCC[NH+]1CC[NH+](CC(=O)Nc2ccccc2C)CC1. The zero-order valence-electron chi connectivity index (χ0n) is 12.7. The number of hydrogen-bond donors (Lipinski definition) is 3. The van der Waals surface area contributed by atoms with Crippen LogP contribution in [0.25, 0.3) is 0 Å². The maximum absolute atomic E-state index is 12.1. The molecule has 1 amide bonds. The molecule has 1 aliphatic heterocycles. The predicted octanol–water partition coefficient (Wildman–Crippen LogP) is -0.873. The van der Waals surface area contributed by atoms with E-state index in [0.29, 0.717) is 6.54 Å². The van der Waals surface area contributed by atoms with Crippen LogP contribution < -0.4 is 15.1 Å². The summed E-state index contributed by atoms with van der Waals surface area (Å²) in [7, 11) is 0. The first-order valence-electron chi connectivity index (χ1n) is 7.71. The molecule has 0 atom stereocenters. The van der Waals surface area contributed by atoms with E-state index in [1.807, 2.05) is 31.2 Å². The van der Waals surface area contributed by atoms with Crippen molar-refractivity contribution in [3.8, 4) is 0 Å². The average molecular weight is 277 g/mol. The second kappa shape index (κ2) is 7.41. The summed E-state index contributed by atoms with van der Waals surface area (Å²) in [5.74, 6) is 0.133. The molecule has 0 radical (unpaired) electrons. The van der Waals surface area contributed by atoms with Crippen molar-refractivity contribution in [3.05, 3.63) is 29.8 Å². The molecule has 0 unspecified atom stereocenters. The third-order valence-electron chi connectivity index (χ3n) is 4.10. The first-order valence-corrected chi connectivity index (χ1v) is 7.71. The number of nitrogens with one attached hydrogen (secondary N) is 3. The number of carbonyl (C=O) groups is 1. The summed E-state index contributed by atoms with van der Waals surface area (Å²) in [5.41, 5.74) is 2.06. The molecule has 1 aromatic carbocycles.